The number of fused-ring (bicyclic) bond motifs is 1. The van der Waals surface area contributed by atoms with Crippen molar-refractivity contribution < 1.29 is 4.74 Å². The lowest BCUT2D eigenvalue weighted by atomic mass is 9.99. The molecule has 1 atom stereocenters. The summed E-state index contributed by atoms with van der Waals surface area (Å²) in [5.74, 6) is 3.01. The minimum Gasteiger partial charge on any atom is -0.494 e. The normalized spacial score (nSPS) is 15.6. The summed E-state index contributed by atoms with van der Waals surface area (Å²) < 4.78 is 8.08. The molecule has 156 valence electrons. The third kappa shape index (κ3) is 3.81. The molecular formula is C26H25N3OS. The summed E-state index contributed by atoms with van der Waals surface area (Å²) in [5, 5.41) is 8.92. The summed E-state index contributed by atoms with van der Waals surface area (Å²) in [6.45, 7) is 3.57. The number of ether oxygens (including phenoxy) is 1. The van der Waals surface area contributed by atoms with Gasteiger partial charge >= 0.3 is 0 Å². The molecule has 1 aliphatic heterocycles. The van der Waals surface area contributed by atoms with E-state index in [4.69, 9.17) is 9.84 Å². The van der Waals surface area contributed by atoms with Crippen LogP contribution in [0.5, 0.6) is 5.75 Å². The van der Waals surface area contributed by atoms with Gasteiger partial charge in [-0.1, -0.05) is 66.7 Å². The molecular weight excluding hydrogens is 402 g/mol. The molecule has 0 amide bonds. The fourth-order valence-corrected chi connectivity index (χ4v) is 5.29. The molecule has 0 fully saturated rings. The zero-order chi connectivity index (χ0) is 21.0. The number of aromatic nitrogens is 2. The minimum absolute atomic E-state index is 0.125. The molecule has 4 nitrogen and oxygen atoms in total. The molecule has 1 aliphatic rings. The van der Waals surface area contributed by atoms with E-state index in [9.17, 15) is 0 Å². The Labute approximate surface area is 187 Å². The monoisotopic (exact) mass is 427 g/mol. The third-order valence-electron chi connectivity index (χ3n) is 5.41. The number of thioether (sulfide) groups is 1. The van der Waals surface area contributed by atoms with Crippen LogP contribution >= 0.6 is 11.8 Å². The minimum atomic E-state index is 0.125. The number of hydrogen-bond acceptors (Lipinski definition) is 4. The van der Waals surface area contributed by atoms with E-state index in [1.807, 2.05) is 36.9 Å². The first-order chi connectivity index (χ1) is 15.4. The van der Waals surface area contributed by atoms with Crippen LogP contribution in [0.15, 0.2) is 84.9 Å². The highest BCUT2D eigenvalue weighted by Crippen LogP contribution is 2.48. The molecule has 0 saturated carbocycles. The molecule has 1 N–H and O–H groups in total. The highest BCUT2D eigenvalue weighted by atomic mass is 32.2. The van der Waals surface area contributed by atoms with Crippen LogP contribution in [0, 0.1) is 0 Å². The summed E-state index contributed by atoms with van der Waals surface area (Å²) in [6, 6.07) is 29.2. The second kappa shape index (κ2) is 8.90. The molecule has 0 aliphatic carbocycles. The first-order valence-electron chi connectivity index (χ1n) is 10.7. The van der Waals surface area contributed by atoms with E-state index in [2.05, 4.69) is 76.7 Å². The fraction of sp³-hybridized carbons (Fsp3) is 0.192. The lowest BCUT2D eigenvalue weighted by molar-refractivity contribution is 0.337. The lowest BCUT2D eigenvalue weighted by Gasteiger charge is -2.19. The summed E-state index contributed by atoms with van der Waals surface area (Å²) in [6.07, 6.45) is 0. The SMILES string of the molecule is CCOc1ccccc1[C@H]1SCCNc2c1c(-c1ccccc1)nn2-c1ccccc1. The quantitative estimate of drug-likeness (QED) is 0.412. The summed E-state index contributed by atoms with van der Waals surface area (Å²) in [7, 11) is 0. The standard InChI is InChI=1S/C26H25N3OS/c1-2-30-22-16-10-9-15-21(22)25-23-24(19-11-5-3-6-12-19)28-29(20-13-7-4-8-14-20)26(23)27-17-18-31-25/h3-16,25,27H,2,17-18H2,1H3/t25-/m1/s1. The molecule has 0 bridgehead atoms. The van der Waals surface area contributed by atoms with Gasteiger partial charge in [-0.3, -0.25) is 0 Å². The smallest absolute Gasteiger partial charge is 0.135 e. The average molecular weight is 428 g/mol. The van der Waals surface area contributed by atoms with E-state index < -0.39 is 0 Å². The molecule has 1 aromatic heterocycles. The number of nitrogens with zero attached hydrogens (tertiary/aromatic N) is 2. The molecule has 0 unspecified atom stereocenters. The van der Waals surface area contributed by atoms with Crippen molar-refractivity contribution in [2.75, 3.05) is 24.2 Å². The van der Waals surface area contributed by atoms with Crippen molar-refractivity contribution in [1.29, 1.82) is 0 Å². The van der Waals surface area contributed by atoms with Gasteiger partial charge in [-0.2, -0.15) is 5.10 Å². The van der Waals surface area contributed by atoms with Gasteiger partial charge in [-0.25, -0.2) is 4.68 Å². The predicted octanol–water partition coefficient (Wildman–Crippen LogP) is 6.19. The average Bonchev–Trinajstić information content (AvgIpc) is 3.07. The van der Waals surface area contributed by atoms with Crippen molar-refractivity contribution in [3.8, 4) is 22.7 Å². The van der Waals surface area contributed by atoms with Gasteiger partial charge in [0.05, 0.1) is 23.2 Å². The second-order valence-corrected chi connectivity index (χ2v) is 8.59. The molecule has 0 saturated heterocycles. The van der Waals surface area contributed by atoms with Gasteiger partial charge in [0, 0.05) is 29.0 Å². The Balaban J connectivity index is 1.76. The fourth-order valence-electron chi connectivity index (χ4n) is 4.07. The van der Waals surface area contributed by atoms with Gasteiger partial charge in [0.15, 0.2) is 0 Å². The molecule has 0 radical (unpaired) electrons. The van der Waals surface area contributed by atoms with Crippen molar-refractivity contribution in [3.05, 3.63) is 96.1 Å². The summed E-state index contributed by atoms with van der Waals surface area (Å²) in [4.78, 5) is 0. The maximum Gasteiger partial charge on any atom is 0.135 e. The van der Waals surface area contributed by atoms with Crippen LogP contribution in [0.2, 0.25) is 0 Å². The van der Waals surface area contributed by atoms with E-state index in [0.717, 1.165) is 40.8 Å². The maximum atomic E-state index is 6.02. The van der Waals surface area contributed by atoms with E-state index in [1.165, 1.54) is 11.1 Å². The Morgan fingerprint density at radius 1 is 0.968 bits per heavy atom. The van der Waals surface area contributed by atoms with Crippen LogP contribution in [0.4, 0.5) is 5.82 Å². The van der Waals surface area contributed by atoms with Gasteiger partial charge in [0.25, 0.3) is 0 Å². The van der Waals surface area contributed by atoms with Gasteiger partial charge in [0.1, 0.15) is 11.6 Å². The molecule has 5 heteroatoms. The summed E-state index contributed by atoms with van der Waals surface area (Å²) in [5.41, 5.74) is 5.60. The number of rotatable bonds is 5. The van der Waals surface area contributed by atoms with Crippen molar-refractivity contribution in [2.45, 2.75) is 12.2 Å². The van der Waals surface area contributed by atoms with Crippen LogP contribution in [0.25, 0.3) is 16.9 Å². The zero-order valence-electron chi connectivity index (χ0n) is 17.5. The molecule has 0 spiro atoms. The van der Waals surface area contributed by atoms with E-state index in [0.29, 0.717) is 6.61 Å². The third-order valence-corrected chi connectivity index (χ3v) is 6.68. The second-order valence-electron chi connectivity index (χ2n) is 7.37. The Morgan fingerprint density at radius 3 is 2.45 bits per heavy atom. The predicted molar refractivity (Wildman–Crippen MR) is 129 cm³/mol. The van der Waals surface area contributed by atoms with Crippen LogP contribution < -0.4 is 10.1 Å². The molecule has 4 aromatic rings. The first-order valence-corrected chi connectivity index (χ1v) is 11.7. The lowest BCUT2D eigenvalue weighted by Crippen LogP contribution is -2.08. The number of benzene rings is 3. The van der Waals surface area contributed by atoms with E-state index in [1.54, 1.807) is 0 Å². The molecule has 2 heterocycles. The van der Waals surface area contributed by atoms with Crippen LogP contribution in [-0.2, 0) is 0 Å². The van der Waals surface area contributed by atoms with Crippen molar-refractivity contribution in [2.24, 2.45) is 0 Å². The maximum absolute atomic E-state index is 6.02. The van der Waals surface area contributed by atoms with Gasteiger partial charge < -0.3 is 10.1 Å². The van der Waals surface area contributed by atoms with Crippen molar-refractivity contribution >= 4 is 17.6 Å². The Hall–Kier alpha value is -3.18. The summed E-state index contributed by atoms with van der Waals surface area (Å²) >= 11 is 1.94. The number of nitrogens with one attached hydrogen (secondary N) is 1. The van der Waals surface area contributed by atoms with Gasteiger partial charge in [-0.05, 0) is 25.1 Å². The van der Waals surface area contributed by atoms with E-state index in [-0.39, 0.29) is 5.25 Å². The number of para-hydroxylation sites is 2. The Kier molecular flexibility index (Phi) is 5.67. The van der Waals surface area contributed by atoms with Crippen LogP contribution in [-0.4, -0.2) is 28.7 Å². The zero-order valence-corrected chi connectivity index (χ0v) is 18.3. The highest BCUT2D eigenvalue weighted by molar-refractivity contribution is 7.99. The van der Waals surface area contributed by atoms with Crippen molar-refractivity contribution in [1.82, 2.24) is 9.78 Å². The van der Waals surface area contributed by atoms with E-state index >= 15 is 0 Å². The number of anilines is 1. The van der Waals surface area contributed by atoms with Crippen molar-refractivity contribution in [3.63, 3.8) is 0 Å². The molecule has 5 rings (SSSR count). The van der Waals surface area contributed by atoms with Gasteiger partial charge in [0.2, 0.25) is 0 Å². The first kappa shape index (κ1) is 19.8. The number of hydrogen-bond donors (Lipinski definition) is 1. The van der Waals surface area contributed by atoms with Crippen LogP contribution in [0.1, 0.15) is 23.3 Å². The largest absolute Gasteiger partial charge is 0.494 e. The van der Waals surface area contributed by atoms with Crippen LogP contribution in [0.3, 0.4) is 0 Å². The van der Waals surface area contributed by atoms with Gasteiger partial charge in [-0.15, -0.1) is 11.8 Å². The molecule has 3 aromatic carbocycles. The Bertz CT molecular complexity index is 1160. The Morgan fingerprint density at radius 2 is 1.68 bits per heavy atom. The highest BCUT2D eigenvalue weighted by Gasteiger charge is 2.31. The topological polar surface area (TPSA) is 39.1 Å². The molecule has 31 heavy (non-hydrogen) atoms.